The minimum atomic E-state index is -3.70. The molecule has 0 spiro atoms. The number of benzene rings is 1. The van der Waals surface area contributed by atoms with E-state index in [0.29, 0.717) is 17.0 Å². The molecule has 8 heteroatoms. The lowest BCUT2D eigenvalue weighted by Crippen LogP contribution is -2.13. The average Bonchev–Trinajstić information content (AvgIpc) is 2.77. The van der Waals surface area contributed by atoms with Gasteiger partial charge in [0.1, 0.15) is 17.9 Å². The van der Waals surface area contributed by atoms with Crippen molar-refractivity contribution < 1.29 is 18.3 Å². The first kappa shape index (κ1) is 15.2. The average molecular weight is 309 g/mol. The summed E-state index contributed by atoms with van der Waals surface area (Å²) in [6.45, 7) is 3.34. The minimum Gasteiger partial charge on any atom is -0.478 e. The van der Waals surface area contributed by atoms with Gasteiger partial charge in [-0.15, -0.1) is 0 Å². The summed E-state index contributed by atoms with van der Waals surface area (Å²) < 4.78 is 26.4. The van der Waals surface area contributed by atoms with E-state index in [0.717, 1.165) is 0 Å². The zero-order valence-electron chi connectivity index (χ0n) is 11.9. The lowest BCUT2D eigenvalue weighted by Gasteiger charge is -2.11. The van der Waals surface area contributed by atoms with Gasteiger partial charge in [0.25, 0.3) is 0 Å². The molecule has 1 N–H and O–H groups in total. The highest BCUT2D eigenvalue weighted by Gasteiger charge is 2.23. The van der Waals surface area contributed by atoms with Crippen LogP contribution in [0.5, 0.6) is 0 Å². The minimum absolute atomic E-state index is 0.0166. The smallest absolute Gasteiger partial charge is 0.335 e. The maximum absolute atomic E-state index is 12.5. The molecule has 0 atom stereocenters. The Kier molecular flexibility index (Phi) is 3.82. The number of nitrogens with zero attached hydrogens (tertiary/aromatic N) is 3. The summed E-state index contributed by atoms with van der Waals surface area (Å²) in [5, 5.41) is 12.9. The van der Waals surface area contributed by atoms with Gasteiger partial charge in [0.2, 0.25) is 0 Å². The SMILES string of the molecule is Cc1cc(C(=O)O)cc(S(=O)(=O)Cc2ncnn2C)c1C. The van der Waals surface area contributed by atoms with E-state index in [-0.39, 0.29) is 16.2 Å². The van der Waals surface area contributed by atoms with Crippen LogP contribution in [-0.2, 0) is 22.6 Å². The molecule has 1 aromatic carbocycles. The van der Waals surface area contributed by atoms with Crippen LogP contribution in [0.4, 0.5) is 0 Å². The predicted octanol–water partition coefficient (Wildman–Crippen LogP) is 1.10. The fraction of sp³-hybridized carbons (Fsp3) is 0.308. The standard InChI is InChI=1S/C13H15N3O4S/c1-8-4-10(13(17)18)5-11(9(8)2)21(19,20)6-12-14-7-15-16(12)3/h4-5,7H,6H2,1-3H3,(H,17,18). The van der Waals surface area contributed by atoms with Crippen molar-refractivity contribution in [3.8, 4) is 0 Å². The molecule has 0 fully saturated rings. The Morgan fingerprint density at radius 3 is 2.52 bits per heavy atom. The van der Waals surface area contributed by atoms with Gasteiger partial charge < -0.3 is 5.11 Å². The van der Waals surface area contributed by atoms with E-state index in [1.807, 2.05) is 0 Å². The first-order chi connectivity index (χ1) is 9.72. The molecule has 1 heterocycles. The van der Waals surface area contributed by atoms with Crippen LogP contribution in [0.15, 0.2) is 23.4 Å². The molecule has 0 amide bonds. The number of carbonyl (C=O) groups is 1. The molecule has 0 saturated carbocycles. The van der Waals surface area contributed by atoms with Crippen molar-refractivity contribution in [3.05, 3.63) is 41.0 Å². The van der Waals surface area contributed by atoms with Gasteiger partial charge in [-0.25, -0.2) is 18.2 Å². The van der Waals surface area contributed by atoms with Crippen molar-refractivity contribution >= 4 is 15.8 Å². The Balaban J connectivity index is 2.54. The third kappa shape index (κ3) is 2.94. The van der Waals surface area contributed by atoms with Gasteiger partial charge in [0.15, 0.2) is 9.84 Å². The third-order valence-corrected chi connectivity index (χ3v) is 5.06. The summed E-state index contributed by atoms with van der Waals surface area (Å²) in [6, 6.07) is 2.65. The predicted molar refractivity (Wildman–Crippen MR) is 74.8 cm³/mol. The maximum Gasteiger partial charge on any atom is 0.335 e. The highest BCUT2D eigenvalue weighted by Crippen LogP contribution is 2.24. The van der Waals surface area contributed by atoms with Gasteiger partial charge in [0.05, 0.1) is 10.5 Å². The molecule has 7 nitrogen and oxygen atoms in total. The molecule has 0 unspecified atom stereocenters. The fourth-order valence-electron chi connectivity index (χ4n) is 1.97. The highest BCUT2D eigenvalue weighted by atomic mass is 32.2. The van der Waals surface area contributed by atoms with Crippen LogP contribution in [0, 0.1) is 13.8 Å². The molecule has 0 saturated heterocycles. The van der Waals surface area contributed by atoms with Gasteiger partial charge in [-0.1, -0.05) is 0 Å². The van der Waals surface area contributed by atoms with E-state index >= 15 is 0 Å². The van der Waals surface area contributed by atoms with Crippen molar-refractivity contribution in [3.63, 3.8) is 0 Å². The quantitative estimate of drug-likeness (QED) is 0.907. The Hall–Kier alpha value is -2.22. The number of rotatable bonds is 4. The number of hydrogen-bond donors (Lipinski definition) is 1. The second kappa shape index (κ2) is 5.28. The lowest BCUT2D eigenvalue weighted by molar-refractivity contribution is 0.0696. The molecule has 2 rings (SSSR count). The molecule has 0 aliphatic heterocycles. The zero-order valence-corrected chi connectivity index (χ0v) is 12.7. The molecule has 0 bridgehead atoms. The Morgan fingerprint density at radius 1 is 1.33 bits per heavy atom. The number of hydrogen-bond acceptors (Lipinski definition) is 5. The van der Waals surface area contributed by atoms with E-state index < -0.39 is 15.8 Å². The highest BCUT2D eigenvalue weighted by molar-refractivity contribution is 7.90. The van der Waals surface area contributed by atoms with Crippen molar-refractivity contribution in [2.45, 2.75) is 24.5 Å². The summed E-state index contributed by atoms with van der Waals surface area (Å²) in [6.07, 6.45) is 1.27. The van der Waals surface area contributed by atoms with Crippen molar-refractivity contribution in [2.75, 3.05) is 0 Å². The van der Waals surface area contributed by atoms with E-state index in [1.54, 1.807) is 20.9 Å². The maximum atomic E-state index is 12.5. The summed E-state index contributed by atoms with van der Waals surface area (Å²) in [5.74, 6) is -1.19. The molecular formula is C13H15N3O4S. The normalized spacial score (nSPS) is 11.6. The van der Waals surface area contributed by atoms with Crippen LogP contribution in [0.3, 0.4) is 0 Å². The van der Waals surface area contributed by atoms with Crippen LogP contribution < -0.4 is 0 Å². The molecule has 2 aromatic rings. The Labute approximate surface area is 122 Å². The number of sulfone groups is 1. The summed E-state index contributed by atoms with van der Waals surface area (Å²) in [5.41, 5.74) is 1.11. The van der Waals surface area contributed by atoms with Gasteiger partial charge in [0, 0.05) is 7.05 Å². The molecule has 1 aromatic heterocycles. The number of carboxylic acids is 1. The Morgan fingerprint density at radius 2 is 2.00 bits per heavy atom. The summed E-state index contributed by atoms with van der Waals surface area (Å²) in [7, 11) is -2.10. The summed E-state index contributed by atoms with van der Waals surface area (Å²) >= 11 is 0. The summed E-state index contributed by atoms with van der Waals surface area (Å²) in [4.78, 5) is 15.0. The van der Waals surface area contributed by atoms with Crippen molar-refractivity contribution in [1.82, 2.24) is 14.8 Å². The van der Waals surface area contributed by atoms with Gasteiger partial charge in [-0.3, -0.25) is 4.68 Å². The molecule has 0 aliphatic rings. The number of aryl methyl sites for hydroxylation is 2. The first-order valence-electron chi connectivity index (χ1n) is 6.12. The largest absolute Gasteiger partial charge is 0.478 e. The number of carboxylic acid groups (broad SMARTS) is 1. The third-order valence-electron chi connectivity index (χ3n) is 3.33. The van der Waals surface area contributed by atoms with Crippen LogP contribution in [0.25, 0.3) is 0 Å². The second-order valence-electron chi connectivity index (χ2n) is 4.78. The molecule has 0 radical (unpaired) electrons. The Bertz CT molecular complexity index is 809. The van der Waals surface area contributed by atoms with Gasteiger partial charge in [-0.05, 0) is 37.1 Å². The number of aromatic carboxylic acids is 1. The topological polar surface area (TPSA) is 102 Å². The van der Waals surface area contributed by atoms with Gasteiger partial charge in [-0.2, -0.15) is 5.10 Å². The molecule has 21 heavy (non-hydrogen) atoms. The van der Waals surface area contributed by atoms with E-state index in [2.05, 4.69) is 10.1 Å². The van der Waals surface area contributed by atoms with Crippen molar-refractivity contribution in [2.24, 2.45) is 7.05 Å². The number of aromatic nitrogens is 3. The monoisotopic (exact) mass is 309 g/mol. The first-order valence-corrected chi connectivity index (χ1v) is 7.78. The van der Waals surface area contributed by atoms with Crippen LogP contribution in [-0.4, -0.2) is 34.3 Å². The van der Waals surface area contributed by atoms with E-state index in [9.17, 15) is 13.2 Å². The zero-order chi connectivity index (χ0) is 15.8. The molecular weight excluding hydrogens is 294 g/mol. The van der Waals surface area contributed by atoms with E-state index in [4.69, 9.17) is 5.11 Å². The second-order valence-corrected chi connectivity index (χ2v) is 6.74. The van der Waals surface area contributed by atoms with E-state index in [1.165, 1.54) is 23.1 Å². The van der Waals surface area contributed by atoms with Crippen molar-refractivity contribution in [1.29, 1.82) is 0 Å². The van der Waals surface area contributed by atoms with Crippen LogP contribution in [0.1, 0.15) is 27.3 Å². The van der Waals surface area contributed by atoms with Gasteiger partial charge >= 0.3 is 5.97 Å². The van der Waals surface area contributed by atoms with Crippen LogP contribution >= 0.6 is 0 Å². The molecule has 112 valence electrons. The lowest BCUT2D eigenvalue weighted by atomic mass is 10.1. The molecule has 0 aliphatic carbocycles. The fourth-order valence-corrected chi connectivity index (χ4v) is 3.66. The van der Waals surface area contributed by atoms with Crippen LogP contribution in [0.2, 0.25) is 0 Å².